The van der Waals surface area contributed by atoms with E-state index >= 15 is 0 Å². The minimum Gasteiger partial charge on any atom is -0.508 e. The van der Waals surface area contributed by atoms with Crippen molar-refractivity contribution < 1.29 is 5.11 Å². The second-order valence-corrected chi connectivity index (χ2v) is 6.68. The van der Waals surface area contributed by atoms with Crippen LogP contribution in [-0.2, 0) is 6.42 Å². The molecule has 20 heavy (non-hydrogen) atoms. The molecule has 2 N–H and O–H groups in total. The molecule has 0 bridgehead atoms. The minimum atomic E-state index is 0.354. The first-order chi connectivity index (χ1) is 9.60. The first-order valence-electron chi connectivity index (χ1n) is 8.05. The van der Waals surface area contributed by atoms with Gasteiger partial charge in [-0.15, -0.1) is 0 Å². The van der Waals surface area contributed by atoms with E-state index < -0.39 is 0 Å². The van der Waals surface area contributed by atoms with Crippen molar-refractivity contribution in [3.63, 3.8) is 0 Å². The molecule has 1 atom stereocenters. The van der Waals surface area contributed by atoms with Crippen LogP contribution >= 0.6 is 0 Å². The maximum Gasteiger partial charge on any atom is 0.115 e. The van der Waals surface area contributed by atoms with E-state index in [0.717, 1.165) is 24.2 Å². The number of nitrogens with one attached hydrogen (secondary N) is 1. The third kappa shape index (κ3) is 3.99. The molecule has 0 spiro atoms. The van der Waals surface area contributed by atoms with Gasteiger partial charge in [-0.1, -0.05) is 26.0 Å². The molecule has 1 aliphatic carbocycles. The average molecular weight is 275 g/mol. The van der Waals surface area contributed by atoms with Crippen molar-refractivity contribution in [1.29, 1.82) is 0 Å². The summed E-state index contributed by atoms with van der Waals surface area (Å²) in [5.41, 5.74) is 1.31. The number of hydrogen-bond donors (Lipinski definition) is 2. The SMILES string of the molecule is CNC(Cc1ccc(O)cc1)C1CCC(C(C)C)CC1. The highest BCUT2D eigenvalue weighted by molar-refractivity contribution is 5.26. The van der Waals surface area contributed by atoms with Crippen molar-refractivity contribution in [2.24, 2.45) is 17.8 Å². The molecule has 0 heterocycles. The number of hydrogen-bond acceptors (Lipinski definition) is 2. The van der Waals surface area contributed by atoms with Crippen LogP contribution in [0.1, 0.15) is 45.1 Å². The van der Waals surface area contributed by atoms with Gasteiger partial charge in [0.2, 0.25) is 0 Å². The Balaban J connectivity index is 1.91. The lowest BCUT2D eigenvalue weighted by molar-refractivity contribution is 0.191. The van der Waals surface area contributed by atoms with Gasteiger partial charge in [0.1, 0.15) is 5.75 Å². The van der Waals surface area contributed by atoms with Crippen LogP contribution < -0.4 is 5.32 Å². The van der Waals surface area contributed by atoms with E-state index in [4.69, 9.17) is 0 Å². The van der Waals surface area contributed by atoms with Gasteiger partial charge in [-0.2, -0.15) is 0 Å². The molecular formula is C18H29NO. The van der Waals surface area contributed by atoms with E-state index in [1.165, 1.54) is 31.2 Å². The van der Waals surface area contributed by atoms with Crippen LogP contribution in [0.5, 0.6) is 5.75 Å². The van der Waals surface area contributed by atoms with Crippen LogP contribution in [0.25, 0.3) is 0 Å². The van der Waals surface area contributed by atoms with E-state index in [9.17, 15) is 5.11 Å². The predicted molar refractivity (Wildman–Crippen MR) is 84.9 cm³/mol. The van der Waals surface area contributed by atoms with Gasteiger partial charge in [-0.3, -0.25) is 0 Å². The van der Waals surface area contributed by atoms with Crippen molar-refractivity contribution in [2.45, 2.75) is 52.0 Å². The number of aromatic hydroxyl groups is 1. The lowest BCUT2D eigenvalue weighted by Gasteiger charge is -2.35. The lowest BCUT2D eigenvalue weighted by Crippen LogP contribution is -2.38. The van der Waals surface area contributed by atoms with Crippen LogP contribution in [0, 0.1) is 17.8 Å². The lowest BCUT2D eigenvalue weighted by atomic mass is 9.73. The molecule has 1 aliphatic rings. The summed E-state index contributed by atoms with van der Waals surface area (Å²) in [6, 6.07) is 8.22. The van der Waals surface area contributed by atoms with Crippen molar-refractivity contribution in [2.75, 3.05) is 7.05 Å². The first kappa shape index (κ1) is 15.4. The van der Waals surface area contributed by atoms with E-state index in [-0.39, 0.29) is 0 Å². The zero-order valence-corrected chi connectivity index (χ0v) is 13.1. The highest BCUT2D eigenvalue weighted by Crippen LogP contribution is 2.35. The van der Waals surface area contributed by atoms with Gasteiger partial charge >= 0.3 is 0 Å². The van der Waals surface area contributed by atoms with Crippen LogP contribution in [-0.4, -0.2) is 18.2 Å². The zero-order valence-electron chi connectivity index (χ0n) is 13.1. The number of phenols is 1. The van der Waals surface area contributed by atoms with Gasteiger partial charge in [0.25, 0.3) is 0 Å². The summed E-state index contributed by atoms with van der Waals surface area (Å²) in [6.45, 7) is 4.72. The molecule has 0 saturated heterocycles. The summed E-state index contributed by atoms with van der Waals surface area (Å²) in [5.74, 6) is 2.91. The Morgan fingerprint density at radius 1 is 1.05 bits per heavy atom. The highest BCUT2D eigenvalue weighted by atomic mass is 16.3. The topological polar surface area (TPSA) is 32.3 Å². The molecular weight excluding hydrogens is 246 g/mol. The molecule has 2 rings (SSSR count). The second kappa shape index (κ2) is 7.12. The standard InChI is InChI=1S/C18H29NO/c1-13(2)15-6-8-16(9-7-15)18(19-3)12-14-4-10-17(20)11-5-14/h4-5,10-11,13,15-16,18-20H,6-9,12H2,1-3H3. The monoisotopic (exact) mass is 275 g/mol. The fraction of sp³-hybridized carbons (Fsp3) is 0.667. The van der Waals surface area contributed by atoms with Crippen LogP contribution in [0.2, 0.25) is 0 Å². The number of phenolic OH excluding ortho intramolecular Hbond substituents is 1. The molecule has 0 amide bonds. The summed E-state index contributed by atoms with van der Waals surface area (Å²) in [7, 11) is 2.08. The molecule has 1 aromatic carbocycles. The second-order valence-electron chi connectivity index (χ2n) is 6.68. The summed E-state index contributed by atoms with van der Waals surface area (Å²) < 4.78 is 0. The quantitative estimate of drug-likeness (QED) is 0.851. The molecule has 1 fully saturated rings. The van der Waals surface area contributed by atoms with Gasteiger partial charge in [0, 0.05) is 6.04 Å². The summed E-state index contributed by atoms with van der Waals surface area (Å²) in [6.07, 6.45) is 6.54. The molecule has 0 radical (unpaired) electrons. The van der Waals surface area contributed by atoms with Gasteiger partial charge < -0.3 is 10.4 Å². The Morgan fingerprint density at radius 3 is 2.10 bits per heavy atom. The van der Waals surface area contributed by atoms with Crippen molar-refractivity contribution in [3.8, 4) is 5.75 Å². The van der Waals surface area contributed by atoms with Gasteiger partial charge in [0.15, 0.2) is 0 Å². The van der Waals surface area contributed by atoms with Gasteiger partial charge in [-0.05, 0) is 74.6 Å². The first-order valence-corrected chi connectivity index (χ1v) is 8.05. The molecule has 2 heteroatoms. The van der Waals surface area contributed by atoms with Crippen LogP contribution in [0.3, 0.4) is 0 Å². The minimum absolute atomic E-state index is 0.354. The summed E-state index contributed by atoms with van der Waals surface area (Å²) >= 11 is 0. The van der Waals surface area contributed by atoms with E-state index in [0.29, 0.717) is 11.8 Å². The zero-order chi connectivity index (χ0) is 14.5. The Hall–Kier alpha value is -1.02. The Morgan fingerprint density at radius 2 is 1.60 bits per heavy atom. The average Bonchev–Trinajstić information content (AvgIpc) is 2.47. The molecule has 1 saturated carbocycles. The highest BCUT2D eigenvalue weighted by Gasteiger charge is 2.28. The van der Waals surface area contributed by atoms with Crippen molar-refractivity contribution in [3.05, 3.63) is 29.8 Å². The normalized spacial score (nSPS) is 24.8. The Kier molecular flexibility index (Phi) is 5.47. The van der Waals surface area contributed by atoms with E-state index in [2.05, 4.69) is 26.2 Å². The molecule has 1 aromatic rings. The predicted octanol–water partition coefficient (Wildman–Crippen LogP) is 3.99. The van der Waals surface area contributed by atoms with Crippen LogP contribution in [0.4, 0.5) is 0 Å². The molecule has 1 unspecified atom stereocenters. The van der Waals surface area contributed by atoms with Gasteiger partial charge in [-0.25, -0.2) is 0 Å². The van der Waals surface area contributed by atoms with Gasteiger partial charge in [0.05, 0.1) is 0 Å². The summed E-state index contributed by atoms with van der Waals surface area (Å²) in [5, 5.41) is 12.9. The fourth-order valence-electron chi connectivity index (χ4n) is 3.60. The largest absolute Gasteiger partial charge is 0.508 e. The van der Waals surface area contributed by atoms with Crippen molar-refractivity contribution in [1.82, 2.24) is 5.32 Å². The molecule has 2 nitrogen and oxygen atoms in total. The smallest absolute Gasteiger partial charge is 0.115 e. The maximum atomic E-state index is 9.36. The van der Waals surface area contributed by atoms with E-state index in [1.807, 2.05) is 12.1 Å². The molecule has 112 valence electrons. The molecule has 0 aliphatic heterocycles. The third-order valence-electron chi connectivity index (χ3n) is 5.09. The number of benzene rings is 1. The number of rotatable bonds is 5. The Labute approximate surface area is 123 Å². The van der Waals surface area contributed by atoms with Crippen molar-refractivity contribution >= 4 is 0 Å². The third-order valence-corrected chi connectivity index (χ3v) is 5.09. The maximum absolute atomic E-state index is 9.36. The van der Waals surface area contributed by atoms with E-state index in [1.54, 1.807) is 12.1 Å². The number of likely N-dealkylation sites (N-methyl/N-ethyl adjacent to an activating group) is 1. The molecule has 0 aromatic heterocycles. The fourth-order valence-corrected chi connectivity index (χ4v) is 3.60. The Bertz CT molecular complexity index is 390. The summed E-state index contributed by atoms with van der Waals surface area (Å²) in [4.78, 5) is 0. The van der Waals surface area contributed by atoms with Crippen LogP contribution in [0.15, 0.2) is 24.3 Å².